The highest BCUT2D eigenvalue weighted by atomic mass is 32.2. The Morgan fingerprint density at radius 2 is 1.73 bits per heavy atom. The Hall–Kier alpha value is -1.43. The van der Waals surface area contributed by atoms with Gasteiger partial charge < -0.3 is 4.90 Å². The van der Waals surface area contributed by atoms with Gasteiger partial charge in [-0.15, -0.1) is 0 Å². The lowest BCUT2D eigenvalue weighted by Gasteiger charge is -2.14. The molecule has 1 saturated heterocycles. The van der Waals surface area contributed by atoms with Gasteiger partial charge in [0.25, 0.3) is 0 Å². The third kappa shape index (κ3) is 3.66. The van der Waals surface area contributed by atoms with Crippen LogP contribution in [0.2, 0.25) is 0 Å². The Balaban J connectivity index is 1.60. The number of fused-ring (bicyclic) bond motifs is 1. The second kappa shape index (κ2) is 6.77. The summed E-state index contributed by atoms with van der Waals surface area (Å²) in [5, 5.41) is 2.00. The van der Waals surface area contributed by atoms with Crippen LogP contribution in [0.5, 0.6) is 0 Å². The van der Waals surface area contributed by atoms with E-state index in [-0.39, 0.29) is 0 Å². The first-order chi connectivity index (χ1) is 10.6. The Labute approximate surface area is 132 Å². The summed E-state index contributed by atoms with van der Waals surface area (Å²) < 4.78 is 27.4. The van der Waals surface area contributed by atoms with Crippen LogP contribution in [0.15, 0.2) is 47.4 Å². The van der Waals surface area contributed by atoms with Gasteiger partial charge in [0.05, 0.1) is 4.90 Å². The Morgan fingerprint density at radius 1 is 1.00 bits per heavy atom. The molecule has 0 amide bonds. The maximum Gasteiger partial charge on any atom is 0.240 e. The highest BCUT2D eigenvalue weighted by molar-refractivity contribution is 7.89. The molecular formula is C17H22N2O2S. The van der Waals surface area contributed by atoms with Crippen LogP contribution in [0.1, 0.15) is 19.3 Å². The smallest absolute Gasteiger partial charge is 0.240 e. The van der Waals surface area contributed by atoms with Gasteiger partial charge in [0.1, 0.15) is 0 Å². The quantitative estimate of drug-likeness (QED) is 0.833. The molecule has 3 rings (SSSR count). The minimum Gasteiger partial charge on any atom is -0.303 e. The molecule has 0 saturated carbocycles. The van der Waals surface area contributed by atoms with Crippen LogP contribution in [0, 0.1) is 0 Å². The lowest BCUT2D eigenvalue weighted by molar-refractivity contribution is 0.334. The van der Waals surface area contributed by atoms with Crippen LogP contribution in [0.25, 0.3) is 10.8 Å². The summed E-state index contributed by atoms with van der Waals surface area (Å²) in [6, 6.07) is 13.0. The van der Waals surface area contributed by atoms with E-state index in [4.69, 9.17) is 0 Å². The largest absolute Gasteiger partial charge is 0.303 e. The molecule has 2 aromatic rings. The number of sulfonamides is 1. The van der Waals surface area contributed by atoms with Gasteiger partial charge in [-0.2, -0.15) is 0 Å². The maximum absolute atomic E-state index is 12.3. The summed E-state index contributed by atoms with van der Waals surface area (Å²) in [7, 11) is -3.42. The minimum atomic E-state index is -3.42. The number of benzene rings is 2. The van der Waals surface area contributed by atoms with Crippen molar-refractivity contribution >= 4 is 20.8 Å². The molecule has 118 valence electrons. The number of nitrogens with one attached hydrogen (secondary N) is 1. The second-order valence-electron chi connectivity index (χ2n) is 5.81. The van der Waals surface area contributed by atoms with Crippen LogP contribution in [0.4, 0.5) is 0 Å². The zero-order valence-corrected chi connectivity index (χ0v) is 13.5. The fourth-order valence-corrected chi connectivity index (χ4v) is 4.04. The molecule has 1 fully saturated rings. The standard InChI is InChI=1S/C17H22N2O2S/c20-22(21,18-10-5-13-19-11-3-4-12-19)17-9-8-15-6-1-2-7-16(15)14-17/h1-2,6-9,14,18H,3-5,10-13H2. The Morgan fingerprint density at radius 3 is 2.50 bits per heavy atom. The van der Waals surface area contributed by atoms with E-state index >= 15 is 0 Å². The predicted octanol–water partition coefficient (Wildman–Crippen LogP) is 2.60. The van der Waals surface area contributed by atoms with E-state index in [0.29, 0.717) is 11.4 Å². The Kier molecular flexibility index (Phi) is 4.76. The summed E-state index contributed by atoms with van der Waals surface area (Å²) in [6.45, 7) is 3.76. The lowest BCUT2D eigenvalue weighted by atomic mass is 10.1. The maximum atomic E-state index is 12.3. The predicted molar refractivity (Wildman–Crippen MR) is 89.4 cm³/mol. The number of rotatable bonds is 6. The van der Waals surface area contributed by atoms with Crippen molar-refractivity contribution in [2.45, 2.75) is 24.2 Å². The van der Waals surface area contributed by atoms with Crippen LogP contribution >= 0.6 is 0 Å². The molecule has 1 aliphatic rings. The van der Waals surface area contributed by atoms with Crippen molar-refractivity contribution in [1.82, 2.24) is 9.62 Å². The molecular weight excluding hydrogens is 296 g/mol. The summed E-state index contributed by atoms with van der Waals surface area (Å²) in [4.78, 5) is 2.73. The summed E-state index contributed by atoms with van der Waals surface area (Å²) in [5.41, 5.74) is 0. The molecule has 0 atom stereocenters. The van der Waals surface area contributed by atoms with Crippen LogP contribution in [-0.4, -0.2) is 39.5 Å². The van der Waals surface area contributed by atoms with E-state index in [1.807, 2.05) is 30.3 Å². The minimum absolute atomic E-state index is 0.340. The van der Waals surface area contributed by atoms with Crippen molar-refractivity contribution in [2.24, 2.45) is 0 Å². The van der Waals surface area contributed by atoms with Crippen molar-refractivity contribution in [3.8, 4) is 0 Å². The molecule has 1 heterocycles. The molecule has 1 N–H and O–H groups in total. The Bertz CT molecular complexity index is 737. The molecule has 1 aliphatic heterocycles. The van der Waals surface area contributed by atoms with Gasteiger partial charge in [0, 0.05) is 6.54 Å². The molecule has 0 unspecified atom stereocenters. The summed E-state index contributed by atoms with van der Waals surface area (Å²) in [5.74, 6) is 0. The highest BCUT2D eigenvalue weighted by Gasteiger charge is 2.15. The average Bonchev–Trinajstić information content (AvgIpc) is 3.04. The first-order valence-electron chi connectivity index (χ1n) is 7.86. The van der Waals surface area contributed by atoms with Crippen molar-refractivity contribution in [3.63, 3.8) is 0 Å². The summed E-state index contributed by atoms with van der Waals surface area (Å²) >= 11 is 0. The van der Waals surface area contributed by atoms with Gasteiger partial charge in [0.15, 0.2) is 0 Å². The van der Waals surface area contributed by atoms with Crippen LogP contribution < -0.4 is 4.72 Å². The second-order valence-corrected chi connectivity index (χ2v) is 7.58. The number of nitrogens with zero attached hydrogens (tertiary/aromatic N) is 1. The van der Waals surface area contributed by atoms with Gasteiger partial charge in [-0.1, -0.05) is 30.3 Å². The molecule has 5 heteroatoms. The normalized spacial score (nSPS) is 16.4. The van der Waals surface area contributed by atoms with Gasteiger partial charge in [-0.25, -0.2) is 13.1 Å². The molecule has 0 bridgehead atoms. The van der Waals surface area contributed by atoms with Gasteiger partial charge in [0.2, 0.25) is 10.0 Å². The zero-order valence-electron chi connectivity index (χ0n) is 12.7. The zero-order chi connectivity index (χ0) is 15.4. The van der Waals surface area contributed by atoms with Gasteiger partial charge in [-0.3, -0.25) is 0 Å². The third-order valence-electron chi connectivity index (χ3n) is 4.17. The highest BCUT2D eigenvalue weighted by Crippen LogP contribution is 2.18. The molecule has 0 radical (unpaired) electrons. The van der Waals surface area contributed by atoms with Crippen molar-refractivity contribution < 1.29 is 8.42 Å². The van der Waals surface area contributed by atoms with Crippen molar-refractivity contribution in [1.29, 1.82) is 0 Å². The molecule has 22 heavy (non-hydrogen) atoms. The van der Waals surface area contributed by atoms with Crippen LogP contribution in [-0.2, 0) is 10.0 Å². The van der Waals surface area contributed by atoms with Gasteiger partial charge >= 0.3 is 0 Å². The van der Waals surface area contributed by atoms with Crippen LogP contribution in [0.3, 0.4) is 0 Å². The summed E-state index contributed by atoms with van der Waals surface area (Å²) in [6.07, 6.45) is 3.39. The fraction of sp³-hybridized carbons (Fsp3) is 0.412. The SMILES string of the molecule is O=S(=O)(NCCCN1CCCC1)c1ccc2ccccc2c1. The third-order valence-corrected chi connectivity index (χ3v) is 5.63. The molecule has 2 aromatic carbocycles. The van der Waals surface area contributed by atoms with Gasteiger partial charge in [-0.05, 0) is 61.8 Å². The molecule has 4 nitrogen and oxygen atoms in total. The van der Waals surface area contributed by atoms with E-state index in [2.05, 4.69) is 9.62 Å². The van der Waals surface area contributed by atoms with Crippen molar-refractivity contribution in [2.75, 3.05) is 26.2 Å². The lowest BCUT2D eigenvalue weighted by Crippen LogP contribution is -2.28. The molecule has 0 aliphatic carbocycles. The van der Waals surface area contributed by atoms with E-state index in [9.17, 15) is 8.42 Å². The monoisotopic (exact) mass is 318 g/mol. The first-order valence-corrected chi connectivity index (χ1v) is 9.34. The van der Waals surface area contributed by atoms with E-state index in [0.717, 1.165) is 36.8 Å². The van der Waals surface area contributed by atoms with E-state index in [1.165, 1.54) is 12.8 Å². The topological polar surface area (TPSA) is 49.4 Å². The number of hydrogen-bond donors (Lipinski definition) is 1. The van der Waals surface area contributed by atoms with E-state index in [1.54, 1.807) is 12.1 Å². The van der Waals surface area contributed by atoms with Crippen molar-refractivity contribution in [3.05, 3.63) is 42.5 Å². The molecule has 0 aromatic heterocycles. The van der Waals surface area contributed by atoms with E-state index < -0.39 is 10.0 Å². The number of hydrogen-bond acceptors (Lipinski definition) is 3. The average molecular weight is 318 g/mol. The fourth-order valence-electron chi connectivity index (χ4n) is 2.93. The molecule has 0 spiro atoms. The number of likely N-dealkylation sites (tertiary alicyclic amines) is 1. The first kappa shape index (κ1) is 15.5.